The maximum atomic E-state index is 12.3. The highest BCUT2D eigenvalue weighted by atomic mass is 127. The number of aliphatic imine (C=N–C) groups is 1. The number of nitro groups is 1. The van der Waals surface area contributed by atoms with Gasteiger partial charge in [-0.15, -0.1) is 35.3 Å². The zero-order chi connectivity index (χ0) is 20.7. The lowest BCUT2D eigenvalue weighted by Gasteiger charge is -2.11. The van der Waals surface area contributed by atoms with Crippen LogP contribution in [0.15, 0.2) is 34.2 Å². The van der Waals surface area contributed by atoms with Crippen molar-refractivity contribution in [2.45, 2.75) is 25.3 Å². The van der Waals surface area contributed by atoms with E-state index in [1.807, 2.05) is 13.8 Å². The van der Waals surface area contributed by atoms with Crippen molar-refractivity contribution < 1.29 is 13.3 Å². The third-order valence-electron chi connectivity index (χ3n) is 3.75. The number of sulfonamides is 1. The van der Waals surface area contributed by atoms with E-state index in [0.29, 0.717) is 12.5 Å². The molecule has 1 aromatic heterocycles. The predicted molar refractivity (Wildman–Crippen MR) is 123 cm³/mol. The average molecular weight is 554 g/mol. The summed E-state index contributed by atoms with van der Waals surface area (Å²) in [5, 5.41) is 17.8. The second-order valence-corrected chi connectivity index (χ2v) is 8.81. The molecular weight excluding hydrogens is 531 g/mol. The van der Waals surface area contributed by atoms with E-state index in [0.717, 1.165) is 21.6 Å². The van der Waals surface area contributed by atoms with Crippen LogP contribution in [-0.2, 0) is 16.6 Å². The molecule has 0 aliphatic heterocycles. The van der Waals surface area contributed by atoms with Gasteiger partial charge in [0.25, 0.3) is 5.69 Å². The molecule has 0 spiro atoms. The normalized spacial score (nSPS) is 11.6. The number of halogens is 1. The number of rotatable bonds is 8. The van der Waals surface area contributed by atoms with Crippen LogP contribution in [0.25, 0.3) is 0 Å². The summed E-state index contributed by atoms with van der Waals surface area (Å²) in [7, 11) is -2.23. The lowest BCUT2D eigenvalue weighted by atomic mass is 10.3. The summed E-state index contributed by atoms with van der Waals surface area (Å²) in [6.07, 6.45) is 0. The number of nitrogens with zero attached hydrogens (tertiary/aromatic N) is 3. The molecule has 0 bridgehead atoms. The highest BCUT2D eigenvalue weighted by Crippen LogP contribution is 2.17. The van der Waals surface area contributed by atoms with Crippen LogP contribution in [-0.4, -0.2) is 44.4 Å². The molecule has 0 radical (unpaired) electrons. The topological polar surface area (TPSA) is 139 Å². The lowest BCUT2D eigenvalue weighted by molar-refractivity contribution is -0.385. The summed E-state index contributed by atoms with van der Waals surface area (Å²) in [6, 6.07) is 4.90. The van der Waals surface area contributed by atoms with E-state index in [9.17, 15) is 18.5 Å². The molecule has 0 amide bonds. The molecule has 0 saturated carbocycles. The molecule has 160 valence electrons. The van der Waals surface area contributed by atoms with Crippen molar-refractivity contribution in [3.63, 3.8) is 0 Å². The van der Waals surface area contributed by atoms with Gasteiger partial charge in [0.1, 0.15) is 5.01 Å². The number of nitrogens with one attached hydrogen (secondary N) is 3. The molecule has 13 heteroatoms. The van der Waals surface area contributed by atoms with Crippen LogP contribution in [0.3, 0.4) is 0 Å². The van der Waals surface area contributed by atoms with E-state index >= 15 is 0 Å². The number of hydrogen-bond acceptors (Lipinski definition) is 7. The standard InChI is InChI=1S/C16H22N6O4S2.HI/c1-11-12(2)27-15(21-11)10-19-16(17-3)18-7-8-20-28(25,26)14-6-4-5-13(9-14)22(23)24;/h4-6,9,20H,7-8,10H2,1-3H3,(H2,17,18,19);1H. The van der Waals surface area contributed by atoms with E-state index in [2.05, 4.69) is 25.3 Å². The minimum Gasteiger partial charge on any atom is -0.355 e. The molecule has 1 heterocycles. The van der Waals surface area contributed by atoms with Gasteiger partial charge in [-0.2, -0.15) is 0 Å². The first kappa shape index (κ1) is 25.2. The fraction of sp³-hybridized carbons (Fsp3) is 0.375. The second-order valence-electron chi connectivity index (χ2n) is 5.75. The van der Waals surface area contributed by atoms with Crippen LogP contribution >= 0.6 is 35.3 Å². The maximum Gasteiger partial charge on any atom is 0.270 e. The van der Waals surface area contributed by atoms with E-state index in [1.54, 1.807) is 18.4 Å². The van der Waals surface area contributed by atoms with Gasteiger partial charge in [-0.1, -0.05) is 6.07 Å². The van der Waals surface area contributed by atoms with Gasteiger partial charge < -0.3 is 10.6 Å². The van der Waals surface area contributed by atoms with E-state index in [4.69, 9.17) is 0 Å². The largest absolute Gasteiger partial charge is 0.355 e. The Hall–Kier alpha value is -1.84. The molecule has 2 aromatic rings. The summed E-state index contributed by atoms with van der Waals surface area (Å²) in [6.45, 7) is 4.84. The number of thiazole rings is 1. The Morgan fingerprint density at radius 1 is 1.28 bits per heavy atom. The van der Waals surface area contributed by atoms with Gasteiger partial charge in [-0.05, 0) is 19.9 Å². The number of guanidine groups is 1. The van der Waals surface area contributed by atoms with Crippen molar-refractivity contribution in [3.8, 4) is 0 Å². The minimum absolute atomic E-state index is 0. The van der Waals surface area contributed by atoms with Gasteiger partial charge in [0, 0.05) is 37.1 Å². The molecule has 10 nitrogen and oxygen atoms in total. The van der Waals surface area contributed by atoms with Crippen molar-refractivity contribution in [1.29, 1.82) is 0 Å². The minimum atomic E-state index is -3.84. The van der Waals surface area contributed by atoms with Crippen LogP contribution in [0, 0.1) is 24.0 Å². The van der Waals surface area contributed by atoms with E-state index in [1.165, 1.54) is 18.2 Å². The Morgan fingerprint density at radius 2 is 2.00 bits per heavy atom. The second kappa shape index (κ2) is 11.4. The number of nitro benzene ring substituents is 1. The molecule has 0 unspecified atom stereocenters. The third kappa shape index (κ3) is 7.49. The summed E-state index contributed by atoms with van der Waals surface area (Å²) in [5.74, 6) is 0.514. The fourth-order valence-corrected chi connectivity index (χ4v) is 4.15. The zero-order valence-corrected chi connectivity index (χ0v) is 20.1. The Balaban J connectivity index is 0.00000420. The van der Waals surface area contributed by atoms with Gasteiger partial charge in [0.05, 0.1) is 22.1 Å². The van der Waals surface area contributed by atoms with Crippen LogP contribution < -0.4 is 15.4 Å². The summed E-state index contributed by atoms with van der Waals surface area (Å²) in [4.78, 5) is 19.7. The molecule has 29 heavy (non-hydrogen) atoms. The van der Waals surface area contributed by atoms with Crippen LogP contribution in [0.1, 0.15) is 15.6 Å². The van der Waals surface area contributed by atoms with E-state index < -0.39 is 14.9 Å². The summed E-state index contributed by atoms with van der Waals surface area (Å²) >= 11 is 1.60. The van der Waals surface area contributed by atoms with Gasteiger partial charge >= 0.3 is 0 Å². The van der Waals surface area contributed by atoms with Crippen molar-refractivity contribution >= 4 is 57.0 Å². The van der Waals surface area contributed by atoms with Crippen molar-refractivity contribution in [3.05, 3.63) is 50.0 Å². The van der Waals surface area contributed by atoms with Crippen LogP contribution in [0.4, 0.5) is 5.69 Å². The third-order valence-corrected chi connectivity index (χ3v) is 6.28. The first-order chi connectivity index (χ1) is 13.2. The van der Waals surface area contributed by atoms with Gasteiger partial charge in [-0.25, -0.2) is 18.1 Å². The van der Waals surface area contributed by atoms with Gasteiger partial charge in [0.2, 0.25) is 10.0 Å². The first-order valence-electron chi connectivity index (χ1n) is 8.34. The van der Waals surface area contributed by atoms with Crippen LogP contribution in [0.5, 0.6) is 0 Å². The molecule has 0 aliphatic carbocycles. The van der Waals surface area contributed by atoms with Crippen molar-refractivity contribution in [2.24, 2.45) is 4.99 Å². The fourth-order valence-electron chi connectivity index (χ4n) is 2.21. The van der Waals surface area contributed by atoms with Crippen molar-refractivity contribution in [1.82, 2.24) is 20.3 Å². The Bertz CT molecular complexity index is 958. The monoisotopic (exact) mass is 554 g/mol. The van der Waals surface area contributed by atoms with Crippen molar-refractivity contribution in [2.75, 3.05) is 20.1 Å². The number of hydrogen-bond donors (Lipinski definition) is 3. The first-order valence-corrected chi connectivity index (χ1v) is 10.6. The SMILES string of the molecule is CN=C(NCCNS(=O)(=O)c1cccc([N+](=O)[O-])c1)NCc1nc(C)c(C)s1.I. The molecule has 0 aliphatic rings. The molecule has 1 aromatic carbocycles. The summed E-state index contributed by atoms with van der Waals surface area (Å²) < 4.78 is 26.9. The molecule has 0 saturated heterocycles. The van der Waals surface area contributed by atoms with Gasteiger partial charge in [0.15, 0.2) is 5.96 Å². The Kier molecular flexibility index (Phi) is 9.88. The highest BCUT2D eigenvalue weighted by molar-refractivity contribution is 14.0. The maximum absolute atomic E-state index is 12.3. The van der Waals surface area contributed by atoms with Crippen LogP contribution in [0.2, 0.25) is 0 Å². The number of aryl methyl sites for hydroxylation is 2. The molecular formula is C16H23IN6O4S2. The van der Waals surface area contributed by atoms with Gasteiger partial charge in [-0.3, -0.25) is 15.1 Å². The molecule has 0 atom stereocenters. The Labute approximate surface area is 190 Å². The smallest absolute Gasteiger partial charge is 0.270 e. The van der Waals surface area contributed by atoms with E-state index in [-0.39, 0.29) is 47.6 Å². The average Bonchev–Trinajstić information content (AvgIpc) is 2.99. The number of non-ortho nitro benzene ring substituents is 1. The zero-order valence-electron chi connectivity index (χ0n) is 16.1. The highest BCUT2D eigenvalue weighted by Gasteiger charge is 2.17. The lowest BCUT2D eigenvalue weighted by Crippen LogP contribution is -2.41. The summed E-state index contributed by atoms with van der Waals surface area (Å²) in [5.41, 5.74) is 0.721. The molecule has 3 N–H and O–H groups in total. The molecule has 2 rings (SSSR count). The quantitative estimate of drug-likeness (QED) is 0.113. The predicted octanol–water partition coefficient (Wildman–Crippen LogP) is 1.93. The number of benzene rings is 1. The molecule has 0 fully saturated rings. The number of aromatic nitrogens is 1. The Morgan fingerprint density at radius 3 is 2.59 bits per heavy atom.